The van der Waals surface area contributed by atoms with E-state index in [1.807, 2.05) is 0 Å². The fourth-order valence-electron chi connectivity index (χ4n) is 3.18. The summed E-state index contributed by atoms with van der Waals surface area (Å²) in [5.74, 6) is 2.02. The van der Waals surface area contributed by atoms with Crippen LogP contribution in [0.4, 0.5) is 0 Å². The van der Waals surface area contributed by atoms with Crippen LogP contribution < -0.4 is 10.1 Å². The molecule has 1 aromatic carbocycles. The maximum absolute atomic E-state index is 5.87. The molecule has 0 amide bonds. The molecule has 1 atom stereocenters. The molecule has 1 saturated carbocycles. The Morgan fingerprint density at radius 1 is 1.25 bits per heavy atom. The molecule has 3 rings (SSSR count). The van der Waals surface area contributed by atoms with Crippen molar-refractivity contribution in [3.05, 3.63) is 29.8 Å². The molecule has 1 heterocycles. The number of rotatable bonds is 6. The third-order valence-corrected chi connectivity index (χ3v) is 4.42. The van der Waals surface area contributed by atoms with Gasteiger partial charge in [0, 0.05) is 37.8 Å². The lowest BCUT2D eigenvalue weighted by Crippen LogP contribution is -2.45. The summed E-state index contributed by atoms with van der Waals surface area (Å²) in [5, 5.41) is 3.46. The van der Waals surface area contributed by atoms with Crippen LogP contribution in [0.1, 0.15) is 37.8 Å². The van der Waals surface area contributed by atoms with Crippen molar-refractivity contribution in [2.24, 2.45) is 5.92 Å². The number of hydrogen-bond donors (Lipinski definition) is 1. The van der Waals surface area contributed by atoms with Gasteiger partial charge in [-0.15, -0.1) is 0 Å². The highest BCUT2D eigenvalue weighted by Gasteiger charge is 2.31. The third-order valence-electron chi connectivity index (χ3n) is 4.42. The normalized spacial score (nSPS) is 21.6. The van der Waals surface area contributed by atoms with Gasteiger partial charge in [-0.3, -0.25) is 4.90 Å². The molecule has 110 valence electrons. The van der Waals surface area contributed by atoms with Gasteiger partial charge in [-0.05, 0) is 25.3 Å². The van der Waals surface area contributed by atoms with Crippen molar-refractivity contribution in [2.75, 3.05) is 32.8 Å². The quantitative estimate of drug-likeness (QED) is 0.863. The molecule has 1 saturated heterocycles. The molecule has 0 radical (unpaired) electrons. The molecular formula is C17H26N2O. The van der Waals surface area contributed by atoms with E-state index in [9.17, 15) is 0 Å². The van der Waals surface area contributed by atoms with Crippen molar-refractivity contribution in [1.82, 2.24) is 10.2 Å². The molecule has 20 heavy (non-hydrogen) atoms. The molecule has 0 unspecified atom stereocenters. The predicted octanol–water partition coefficient (Wildman–Crippen LogP) is 2.83. The van der Waals surface area contributed by atoms with Crippen LogP contribution >= 0.6 is 0 Å². The summed E-state index contributed by atoms with van der Waals surface area (Å²) in [4.78, 5) is 2.65. The molecule has 0 spiro atoms. The van der Waals surface area contributed by atoms with Crippen molar-refractivity contribution in [3.8, 4) is 5.75 Å². The monoisotopic (exact) mass is 274 g/mol. The maximum Gasteiger partial charge on any atom is 0.124 e. The van der Waals surface area contributed by atoms with Crippen LogP contribution in [-0.2, 0) is 0 Å². The van der Waals surface area contributed by atoms with Gasteiger partial charge in [0.25, 0.3) is 0 Å². The summed E-state index contributed by atoms with van der Waals surface area (Å²) in [6.07, 6.45) is 4.13. The highest BCUT2D eigenvalue weighted by Crippen LogP contribution is 2.42. The van der Waals surface area contributed by atoms with Crippen LogP contribution in [0.5, 0.6) is 5.75 Å². The molecule has 3 heteroatoms. The predicted molar refractivity (Wildman–Crippen MR) is 82.1 cm³/mol. The van der Waals surface area contributed by atoms with Crippen LogP contribution in [-0.4, -0.2) is 37.7 Å². The first-order chi connectivity index (χ1) is 9.88. The molecular weight excluding hydrogens is 248 g/mol. The van der Waals surface area contributed by atoms with Gasteiger partial charge < -0.3 is 10.1 Å². The Morgan fingerprint density at radius 2 is 2.00 bits per heavy atom. The topological polar surface area (TPSA) is 24.5 Å². The molecule has 2 aliphatic rings. The molecule has 1 aliphatic heterocycles. The van der Waals surface area contributed by atoms with Crippen LogP contribution in [0, 0.1) is 5.92 Å². The van der Waals surface area contributed by atoms with Crippen molar-refractivity contribution >= 4 is 0 Å². The minimum Gasteiger partial charge on any atom is -0.494 e. The second-order valence-corrected chi connectivity index (χ2v) is 5.95. The summed E-state index contributed by atoms with van der Waals surface area (Å²) in [7, 11) is 0. The number of hydrogen-bond acceptors (Lipinski definition) is 3. The SMILES string of the molecule is CCOc1ccccc1[C@H](CC1CC1)N1CCNCC1. The zero-order valence-electron chi connectivity index (χ0n) is 12.5. The lowest BCUT2D eigenvalue weighted by atomic mass is 9.97. The van der Waals surface area contributed by atoms with E-state index in [-0.39, 0.29) is 0 Å². The standard InChI is InChI=1S/C17H26N2O/c1-2-20-17-6-4-3-5-15(17)16(13-14-7-8-14)19-11-9-18-10-12-19/h3-6,14,16,18H,2,7-13H2,1H3/t16-/m0/s1. The molecule has 2 fully saturated rings. The summed E-state index contributed by atoms with van der Waals surface area (Å²) in [5.41, 5.74) is 1.39. The summed E-state index contributed by atoms with van der Waals surface area (Å²) >= 11 is 0. The Bertz CT molecular complexity index is 425. The van der Waals surface area contributed by atoms with Crippen LogP contribution in [0.25, 0.3) is 0 Å². The summed E-state index contributed by atoms with van der Waals surface area (Å²) < 4.78 is 5.87. The third kappa shape index (κ3) is 3.33. The highest BCUT2D eigenvalue weighted by molar-refractivity contribution is 5.36. The molecule has 3 nitrogen and oxygen atoms in total. The average molecular weight is 274 g/mol. The summed E-state index contributed by atoms with van der Waals surface area (Å²) in [6.45, 7) is 7.33. The first-order valence-electron chi connectivity index (χ1n) is 8.05. The lowest BCUT2D eigenvalue weighted by Gasteiger charge is -2.36. The van der Waals surface area contributed by atoms with Gasteiger partial charge in [0.1, 0.15) is 5.75 Å². The molecule has 1 aliphatic carbocycles. The Labute approximate surface area is 122 Å². The highest BCUT2D eigenvalue weighted by atomic mass is 16.5. The first kappa shape index (κ1) is 13.9. The largest absolute Gasteiger partial charge is 0.494 e. The van der Waals surface area contributed by atoms with Crippen molar-refractivity contribution < 1.29 is 4.74 Å². The molecule has 1 N–H and O–H groups in total. The smallest absolute Gasteiger partial charge is 0.124 e. The van der Waals surface area contributed by atoms with Crippen molar-refractivity contribution in [3.63, 3.8) is 0 Å². The fraction of sp³-hybridized carbons (Fsp3) is 0.647. The second kappa shape index (κ2) is 6.59. The van der Waals surface area contributed by atoms with Gasteiger partial charge in [0.2, 0.25) is 0 Å². The van der Waals surface area contributed by atoms with Crippen molar-refractivity contribution in [2.45, 2.75) is 32.2 Å². The van der Waals surface area contributed by atoms with E-state index in [0.717, 1.165) is 44.5 Å². The van der Waals surface area contributed by atoms with E-state index in [0.29, 0.717) is 6.04 Å². The van der Waals surface area contributed by atoms with E-state index in [4.69, 9.17) is 4.74 Å². The average Bonchev–Trinajstić information content (AvgIpc) is 3.31. The minimum atomic E-state index is 0.535. The van der Waals surface area contributed by atoms with Crippen molar-refractivity contribution in [1.29, 1.82) is 0 Å². The van der Waals surface area contributed by atoms with Gasteiger partial charge in [-0.1, -0.05) is 31.0 Å². The van der Waals surface area contributed by atoms with Crippen LogP contribution in [0.3, 0.4) is 0 Å². The Kier molecular flexibility index (Phi) is 4.58. The number of nitrogens with zero attached hydrogens (tertiary/aromatic N) is 1. The Hall–Kier alpha value is -1.06. The number of para-hydroxylation sites is 1. The fourth-order valence-corrected chi connectivity index (χ4v) is 3.18. The van der Waals surface area contributed by atoms with Crippen LogP contribution in [0.15, 0.2) is 24.3 Å². The number of ether oxygens (including phenoxy) is 1. The van der Waals surface area contributed by atoms with E-state index in [1.54, 1.807) is 0 Å². The summed E-state index contributed by atoms with van der Waals surface area (Å²) in [6, 6.07) is 9.16. The number of piperazine rings is 1. The van der Waals surface area contributed by atoms with Gasteiger partial charge >= 0.3 is 0 Å². The van der Waals surface area contributed by atoms with E-state index in [2.05, 4.69) is 41.4 Å². The maximum atomic E-state index is 5.87. The van der Waals surface area contributed by atoms with Gasteiger partial charge in [-0.2, -0.15) is 0 Å². The number of benzene rings is 1. The zero-order valence-corrected chi connectivity index (χ0v) is 12.5. The van der Waals surface area contributed by atoms with Crippen LogP contribution in [0.2, 0.25) is 0 Å². The second-order valence-electron chi connectivity index (χ2n) is 5.95. The number of nitrogens with one attached hydrogen (secondary N) is 1. The Morgan fingerprint density at radius 3 is 2.70 bits per heavy atom. The zero-order chi connectivity index (χ0) is 13.8. The Balaban J connectivity index is 1.83. The van der Waals surface area contributed by atoms with E-state index in [1.165, 1.54) is 24.8 Å². The molecule has 1 aromatic rings. The van der Waals surface area contributed by atoms with E-state index < -0.39 is 0 Å². The van der Waals surface area contributed by atoms with Gasteiger partial charge in [0.15, 0.2) is 0 Å². The van der Waals surface area contributed by atoms with E-state index >= 15 is 0 Å². The van der Waals surface area contributed by atoms with Gasteiger partial charge in [0.05, 0.1) is 6.61 Å². The molecule has 0 aromatic heterocycles. The first-order valence-corrected chi connectivity index (χ1v) is 8.05. The van der Waals surface area contributed by atoms with Gasteiger partial charge in [-0.25, -0.2) is 0 Å². The minimum absolute atomic E-state index is 0.535. The molecule has 0 bridgehead atoms. The lowest BCUT2D eigenvalue weighted by molar-refractivity contribution is 0.157.